The molecule has 0 atom stereocenters. The summed E-state index contributed by atoms with van der Waals surface area (Å²) in [7, 11) is 0. The minimum absolute atomic E-state index is 0.207. The van der Waals surface area contributed by atoms with E-state index in [-0.39, 0.29) is 5.56 Å². The highest BCUT2D eigenvalue weighted by Gasteiger charge is 2.17. The standard InChI is InChI=1S/C22H26N2O5/c1-14-9-10-15(2)18(11-14)24-19(25)13-28-20(26)16-7-6-8-17(12-16)23-21(27)29-22(3,4)5/h6-12H,13H2,1-5H3,(H,23,27)(H,24,25). The van der Waals surface area contributed by atoms with Crippen molar-refractivity contribution in [3.63, 3.8) is 0 Å². The lowest BCUT2D eigenvalue weighted by Crippen LogP contribution is -2.27. The van der Waals surface area contributed by atoms with Crippen molar-refractivity contribution in [1.29, 1.82) is 0 Å². The summed E-state index contributed by atoms with van der Waals surface area (Å²) < 4.78 is 10.3. The molecule has 2 rings (SSSR count). The Morgan fingerprint density at radius 3 is 2.38 bits per heavy atom. The molecule has 0 aliphatic heterocycles. The van der Waals surface area contributed by atoms with Gasteiger partial charge in [-0.25, -0.2) is 9.59 Å². The zero-order valence-electron chi connectivity index (χ0n) is 17.3. The third kappa shape index (κ3) is 7.29. The monoisotopic (exact) mass is 398 g/mol. The molecule has 0 aliphatic rings. The second kappa shape index (κ2) is 9.23. The smallest absolute Gasteiger partial charge is 0.412 e. The maximum absolute atomic E-state index is 12.2. The summed E-state index contributed by atoms with van der Waals surface area (Å²) >= 11 is 0. The summed E-state index contributed by atoms with van der Waals surface area (Å²) in [4.78, 5) is 36.2. The van der Waals surface area contributed by atoms with Crippen LogP contribution in [0.5, 0.6) is 0 Å². The van der Waals surface area contributed by atoms with Crippen molar-refractivity contribution in [2.75, 3.05) is 17.2 Å². The zero-order valence-corrected chi connectivity index (χ0v) is 17.3. The molecule has 7 nitrogen and oxygen atoms in total. The summed E-state index contributed by atoms with van der Waals surface area (Å²) in [5.41, 5.74) is 2.55. The molecule has 2 aromatic rings. The molecule has 154 valence electrons. The lowest BCUT2D eigenvalue weighted by atomic mass is 10.1. The van der Waals surface area contributed by atoms with E-state index in [9.17, 15) is 14.4 Å². The van der Waals surface area contributed by atoms with Crippen LogP contribution in [0.15, 0.2) is 42.5 Å². The second-order valence-corrected chi connectivity index (χ2v) is 7.65. The van der Waals surface area contributed by atoms with Gasteiger partial charge in [0, 0.05) is 11.4 Å². The quantitative estimate of drug-likeness (QED) is 0.726. The van der Waals surface area contributed by atoms with Gasteiger partial charge in [-0.3, -0.25) is 10.1 Å². The van der Waals surface area contributed by atoms with Gasteiger partial charge in [-0.05, 0) is 70.0 Å². The minimum atomic E-state index is -0.672. The van der Waals surface area contributed by atoms with Crippen LogP contribution in [-0.4, -0.2) is 30.2 Å². The van der Waals surface area contributed by atoms with Crippen LogP contribution in [0.1, 0.15) is 42.3 Å². The van der Waals surface area contributed by atoms with Crippen molar-refractivity contribution in [3.8, 4) is 0 Å². The van der Waals surface area contributed by atoms with Gasteiger partial charge in [0.05, 0.1) is 5.56 Å². The Labute approximate surface area is 170 Å². The molecule has 0 saturated carbocycles. The van der Waals surface area contributed by atoms with Crippen LogP contribution >= 0.6 is 0 Å². The molecule has 0 heterocycles. The number of aryl methyl sites for hydroxylation is 2. The van der Waals surface area contributed by atoms with Crippen molar-refractivity contribution in [2.45, 2.75) is 40.2 Å². The normalized spacial score (nSPS) is 10.8. The molecule has 7 heteroatoms. The Bertz CT molecular complexity index is 916. The molecule has 29 heavy (non-hydrogen) atoms. The van der Waals surface area contributed by atoms with Gasteiger partial charge in [0.25, 0.3) is 5.91 Å². The first-order valence-electron chi connectivity index (χ1n) is 9.18. The molecule has 0 aliphatic carbocycles. The number of rotatable bonds is 5. The zero-order chi connectivity index (χ0) is 21.6. The highest BCUT2D eigenvalue weighted by molar-refractivity contribution is 5.96. The fourth-order valence-electron chi connectivity index (χ4n) is 2.42. The fourth-order valence-corrected chi connectivity index (χ4v) is 2.42. The highest BCUT2D eigenvalue weighted by Crippen LogP contribution is 2.17. The number of ether oxygens (including phenoxy) is 2. The maximum Gasteiger partial charge on any atom is 0.412 e. The number of nitrogens with one attached hydrogen (secondary N) is 2. The van der Waals surface area contributed by atoms with Gasteiger partial charge in [0.2, 0.25) is 0 Å². The number of amides is 2. The number of carbonyl (C=O) groups is 3. The topological polar surface area (TPSA) is 93.7 Å². The summed E-state index contributed by atoms with van der Waals surface area (Å²) in [6.45, 7) is 8.64. The number of carbonyl (C=O) groups excluding carboxylic acids is 3. The highest BCUT2D eigenvalue weighted by atomic mass is 16.6. The average molecular weight is 398 g/mol. The van der Waals surface area contributed by atoms with Crippen LogP contribution in [-0.2, 0) is 14.3 Å². The fraction of sp³-hybridized carbons (Fsp3) is 0.318. The van der Waals surface area contributed by atoms with Gasteiger partial charge in [0.15, 0.2) is 6.61 Å². The average Bonchev–Trinajstić information content (AvgIpc) is 2.61. The Balaban J connectivity index is 1.92. The van der Waals surface area contributed by atoms with Crippen molar-refractivity contribution in [3.05, 3.63) is 59.2 Å². The van der Waals surface area contributed by atoms with E-state index in [1.54, 1.807) is 32.9 Å². The molecular formula is C22H26N2O5. The first-order chi connectivity index (χ1) is 13.5. The van der Waals surface area contributed by atoms with Crippen LogP contribution in [0, 0.1) is 13.8 Å². The van der Waals surface area contributed by atoms with E-state index < -0.39 is 30.2 Å². The van der Waals surface area contributed by atoms with Crippen molar-refractivity contribution in [1.82, 2.24) is 0 Å². The number of esters is 1. The van der Waals surface area contributed by atoms with Gasteiger partial charge in [-0.1, -0.05) is 18.2 Å². The van der Waals surface area contributed by atoms with E-state index in [4.69, 9.17) is 9.47 Å². The largest absolute Gasteiger partial charge is 0.452 e. The van der Waals surface area contributed by atoms with Gasteiger partial charge >= 0.3 is 12.1 Å². The molecule has 0 radical (unpaired) electrons. The van der Waals surface area contributed by atoms with Gasteiger partial charge in [-0.15, -0.1) is 0 Å². The summed E-state index contributed by atoms with van der Waals surface area (Å²) in [5.74, 6) is -1.11. The molecule has 2 amide bonds. The molecule has 0 fully saturated rings. The van der Waals surface area contributed by atoms with Crippen LogP contribution in [0.25, 0.3) is 0 Å². The van der Waals surface area contributed by atoms with Crippen molar-refractivity contribution >= 4 is 29.3 Å². The van der Waals surface area contributed by atoms with Crippen LogP contribution in [0.4, 0.5) is 16.2 Å². The number of hydrogen-bond acceptors (Lipinski definition) is 5. The Morgan fingerprint density at radius 2 is 1.69 bits per heavy atom. The molecule has 0 saturated heterocycles. The van der Waals surface area contributed by atoms with E-state index >= 15 is 0 Å². The SMILES string of the molecule is Cc1ccc(C)c(NC(=O)COC(=O)c2cccc(NC(=O)OC(C)(C)C)c2)c1. The first kappa shape index (κ1) is 21.9. The Hall–Kier alpha value is -3.35. The molecular weight excluding hydrogens is 372 g/mol. The Kier molecular flexibility index (Phi) is 6.98. The summed E-state index contributed by atoms with van der Waals surface area (Å²) in [6, 6.07) is 11.9. The second-order valence-electron chi connectivity index (χ2n) is 7.65. The minimum Gasteiger partial charge on any atom is -0.452 e. The first-order valence-corrected chi connectivity index (χ1v) is 9.18. The predicted molar refractivity (Wildman–Crippen MR) is 111 cm³/mol. The van der Waals surface area contributed by atoms with E-state index in [0.717, 1.165) is 11.1 Å². The van der Waals surface area contributed by atoms with Crippen LogP contribution < -0.4 is 10.6 Å². The van der Waals surface area contributed by atoms with Crippen LogP contribution in [0.2, 0.25) is 0 Å². The van der Waals surface area contributed by atoms with Crippen molar-refractivity contribution < 1.29 is 23.9 Å². The Morgan fingerprint density at radius 1 is 0.966 bits per heavy atom. The van der Waals surface area contributed by atoms with Gasteiger partial charge in [0.1, 0.15) is 5.60 Å². The molecule has 0 unspecified atom stereocenters. The molecule has 2 aromatic carbocycles. The lowest BCUT2D eigenvalue weighted by molar-refractivity contribution is -0.119. The van der Waals surface area contributed by atoms with E-state index in [1.165, 1.54) is 12.1 Å². The van der Waals surface area contributed by atoms with Crippen LogP contribution in [0.3, 0.4) is 0 Å². The number of benzene rings is 2. The molecule has 0 aromatic heterocycles. The summed E-state index contributed by atoms with van der Waals surface area (Å²) in [6.07, 6.45) is -0.629. The third-order valence-electron chi connectivity index (χ3n) is 3.75. The number of anilines is 2. The summed E-state index contributed by atoms with van der Waals surface area (Å²) in [5, 5.41) is 5.28. The van der Waals surface area contributed by atoms with Crippen molar-refractivity contribution in [2.24, 2.45) is 0 Å². The maximum atomic E-state index is 12.2. The number of hydrogen-bond donors (Lipinski definition) is 2. The third-order valence-corrected chi connectivity index (χ3v) is 3.75. The van der Waals surface area contributed by atoms with Gasteiger partial charge in [-0.2, -0.15) is 0 Å². The predicted octanol–water partition coefficient (Wildman–Crippen LogP) is 4.45. The molecule has 0 spiro atoms. The van der Waals surface area contributed by atoms with E-state index in [0.29, 0.717) is 11.4 Å². The van der Waals surface area contributed by atoms with E-state index in [2.05, 4.69) is 10.6 Å². The van der Waals surface area contributed by atoms with E-state index in [1.807, 2.05) is 32.0 Å². The molecule has 0 bridgehead atoms. The molecule has 2 N–H and O–H groups in total. The lowest BCUT2D eigenvalue weighted by Gasteiger charge is -2.19. The van der Waals surface area contributed by atoms with Gasteiger partial charge < -0.3 is 14.8 Å².